The van der Waals surface area contributed by atoms with Gasteiger partial charge in [0.25, 0.3) is 0 Å². The van der Waals surface area contributed by atoms with Crippen LogP contribution in [0.2, 0.25) is 0 Å². The summed E-state index contributed by atoms with van der Waals surface area (Å²) < 4.78 is 0. The van der Waals surface area contributed by atoms with Gasteiger partial charge in [-0.2, -0.15) is 0 Å². The van der Waals surface area contributed by atoms with Crippen molar-refractivity contribution in [2.75, 3.05) is 0 Å². The zero-order valence-electron chi connectivity index (χ0n) is 9.94. The summed E-state index contributed by atoms with van der Waals surface area (Å²) in [5.41, 5.74) is 0.312. The number of carbonyl (C=O) groups excluding carboxylic acids is 1. The Kier molecular flexibility index (Phi) is 3.23. The normalized spacial score (nSPS) is 19.1. The molecule has 1 saturated carbocycles. The van der Waals surface area contributed by atoms with E-state index in [1.807, 2.05) is 0 Å². The minimum absolute atomic E-state index is 0.109. The number of amides is 1. The van der Waals surface area contributed by atoms with E-state index in [2.05, 4.69) is 33.0 Å². The third-order valence-corrected chi connectivity index (χ3v) is 3.32. The van der Waals surface area contributed by atoms with Crippen LogP contribution in [-0.4, -0.2) is 11.4 Å². The average Bonchev–Trinajstić information content (AvgIpc) is 2.80. The molecular formula is C12H23NO. The fourth-order valence-corrected chi connectivity index (χ4v) is 1.85. The Bertz CT molecular complexity index is 211. The molecule has 0 spiro atoms. The van der Waals surface area contributed by atoms with Crippen LogP contribution >= 0.6 is 0 Å². The van der Waals surface area contributed by atoms with Gasteiger partial charge in [0.2, 0.25) is 5.91 Å². The fourth-order valence-electron chi connectivity index (χ4n) is 1.85. The highest BCUT2D eigenvalue weighted by molar-refractivity contribution is 5.77. The van der Waals surface area contributed by atoms with Crippen LogP contribution in [0.25, 0.3) is 0 Å². The molecule has 1 amide bonds. The molecule has 0 aromatic carbocycles. The minimum Gasteiger partial charge on any atom is -0.350 e. The molecule has 0 aromatic rings. The first-order valence-electron chi connectivity index (χ1n) is 5.72. The average molecular weight is 197 g/mol. The van der Waals surface area contributed by atoms with Gasteiger partial charge < -0.3 is 5.32 Å². The lowest BCUT2D eigenvalue weighted by Gasteiger charge is -2.31. The second kappa shape index (κ2) is 3.92. The lowest BCUT2D eigenvalue weighted by Crippen LogP contribution is -2.46. The summed E-state index contributed by atoms with van der Waals surface area (Å²) in [6.45, 7) is 8.74. The number of unbranched alkanes of at least 4 members (excludes halogenated alkanes) is 1. The topological polar surface area (TPSA) is 29.1 Å². The predicted octanol–water partition coefficient (Wildman–Crippen LogP) is 2.87. The van der Waals surface area contributed by atoms with Crippen LogP contribution in [0, 0.1) is 5.41 Å². The van der Waals surface area contributed by atoms with E-state index in [9.17, 15) is 4.79 Å². The first kappa shape index (κ1) is 11.5. The molecule has 82 valence electrons. The molecule has 0 saturated heterocycles. The summed E-state index contributed by atoms with van der Waals surface area (Å²) in [7, 11) is 0. The van der Waals surface area contributed by atoms with Gasteiger partial charge in [0, 0.05) is 12.0 Å². The van der Waals surface area contributed by atoms with Gasteiger partial charge in [0.1, 0.15) is 0 Å². The van der Waals surface area contributed by atoms with Crippen molar-refractivity contribution in [2.45, 2.75) is 65.3 Å². The van der Waals surface area contributed by atoms with Gasteiger partial charge >= 0.3 is 0 Å². The Morgan fingerprint density at radius 2 is 1.93 bits per heavy atom. The molecule has 2 heteroatoms. The fraction of sp³-hybridized carbons (Fsp3) is 0.917. The molecule has 2 nitrogen and oxygen atoms in total. The van der Waals surface area contributed by atoms with Crippen molar-refractivity contribution in [2.24, 2.45) is 5.41 Å². The van der Waals surface area contributed by atoms with Crippen LogP contribution in [0.5, 0.6) is 0 Å². The SMILES string of the molecule is CCCCC(=O)NC1(C(C)(C)C)CC1. The zero-order chi connectivity index (χ0) is 10.8. The molecule has 1 N–H and O–H groups in total. The largest absolute Gasteiger partial charge is 0.350 e. The number of rotatable bonds is 4. The lowest BCUT2D eigenvalue weighted by molar-refractivity contribution is -0.123. The second-order valence-electron chi connectivity index (χ2n) is 5.48. The molecule has 0 aliphatic heterocycles. The van der Waals surface area contributed by atoms with Crippen molar-refractivity contribution in [1.82, 2.24) is 5.32 Å². The molecular weight excluding hydrogens is 174 g/mol. The van der Waals surface area contributed by atoms with Crippen LogP contribution in [0.1, 0.15) is 59.8 Å². The molecule has 1 aliphatic carbocycles. The summed E-state index contributed by atoms with van der Waals surface area (Å²) in [6.07, 6.45) is 5.08. The van der Waals surface area contributed by atoms with E-state index in [1.54, 1.807) is 0 Å². The van der Waals surface area contributed by atoms with Gasteiger partial charge in [-0.25, -0.2) is 0 Å². The number of hydrogen-bond donors (Lipinski definition) is 1. The summed E-state index contributed by atoms with van der Waals surface area (Å²) >= 11 is 0. The Labute approximate surface area is 87.5 Å². The minimum atomic E-state index is 0.109. The van der Waals surface area contributed by atoms with Gasteiger partial charge in [0.05, 0.1) is 0 Å². The Morgan fingerprint density at radius 1 is 1.36 bits per heavy atom. The van der Waals surface area contributed by atoms with Gasteiger partial charge in [-0.15, -0.1) is 0 Å². The highest BCUT2D eigenvalue weighted by Gasteiger charge is 2.52. The van der Waals surface area contributed by atoms with Crippen LogP contribution in [-0.2, 0) is 4.79 Å². The van der Waals surface area contributed by atoms with Crippen molar-refractivity contribution in [3.05, 3.63) is 0 Å². The Morgan fingerprint density at radius 3 is 2.29 bits per heavy atom. The highest BCUT2D eigenvalue weighted by atomic mass is 16.1. The molecule has 1 fully saturated rings. The quantitative estimate of drug-likeness (QED) is 0.737. The summed E-state index contributed by atoms with van der Waals surface area (Å²) in [5.74, 6) is 0.235. The molecule has 0 radical (unpaired) electrons. The maximum absolute atomic E-state index is 11.6. The molecule has 0 unspecified atom stereocenters. The van der Waals surface area contributed by atoms with E-state index in [1.165, 1.54) is 0 Å². The molecule has 1 rings (SSSR count). The first-order chi connectivity index (χ1) is 6.41. The van der Waals surface area contributed by atoms with Crippen molar-refractivity contribution in [3.8, 4) is 0 Å². The zero-order valence-corrected chi connectivity index (χ0v) is 9.94. The molecule has 14 heavy (non-hydrogen) atoms. The molecule has 0 atom stereocenters. The maximum atomic E-state index is 11.6. The smallest absolute Gasteiger partial charge is 0.220 e. The number of nitrogens with one attached hydrogen (secondary N) is 1. The van der Waals surface area contributed by atoms with Crippen molar-refractivity contribution in [3.63, 3.8) is 0 Å². The van der Waals surface area contributed by atoms with E-state index in [0.29, 0.717) is 6.42 Å². The summed E-state index contributed by atoms with van der Waals surface area (Å²) in [4.78, 5) is 11.6. The van der Waals surface area contributed by atoms with Gasteiger partial charge in [-0.1, -0.05) is 34.1 Å². The summed E-state index contributed by atoms with van der Waals surface area (Å²) in [6, 6.07) is 0. The Hall–Kier alpha value is -0.530. The highest BCUT2D eigenvalue weighted by Crippen LogP contribution is 2.49. The van der Waals surface area contributed by atoms with Gasteiger partial charge in [-0.3, -0.25) is 4.79 Å². The standard InChI is InChI=1S/C12H23NO/c1-5-6-7-10(14)13-12(8-9-12)11(2,3)4/h5-9H2,1-4H3,(H,13,14). The monoisotopic (exact) mass is 197 g/mol. The van der Waals surface area contributed by atoms with Crippen molar-refractivity contribution < 1.29 is 4.79 Å². The summed E-state index contributed by atoms with van der Waals surface area (Å²) in [5, 5.41) is 3.20. The van der Waals surface area contributed by atoms with E-state index in [-0.39, 0.29) is 16.9 Å². The lowest BCUT2D eigenvalue weighted by atomic mass is 9.84. The van der Waals surface area contributed by atoms with Crippen LogP contribution in [0.4, 0.5) is 0 Å². The molecule has 0 bridgehead atoms. The number of hydrogen-bond acceptors (Lipinski definition) is 1. The van der Waals surface area contributed by atoms with Crippen LogP contribution in [0.15, 0.2) is 0 Å². The molecule has 1 aliphatic rings. The number of carbonyl (C=O) groups is 1. The van der Waals surface area contributed by atoms with E-state index < -0.39 is 0 Å². The molecule has 0 aromatic heterocycles. The van der Waals surface area contributed by atoms with E-state index >= 15 is 0 Å². The van der Waals surface area contributed by atoms with E-state index in [4.69, 9.17) is 0 Å². The van der Waals surface area contributed by atoms with Crippen LogP contribution < -0.4 is 5.32 Å². The first-order valence-corrected chi connectivity index (χ1v) is 5.72. The van der Waals surface area contributed by atoms with Crippen LogP contribution in [0.3, 0.4) is 0 Å². The van der Waals surface area contributed by atoms with Gasteiger partial charge in [0.15, 0.2) is 0 Å². The maximum Gasteiger partial charge on any atom is 0.220 e. The Balaban J connectivity index is 2.40. The third kappa shape index (κ3) is 2.49. The van der Waals surface area contributed by atoms with Crippen molar-refractivity contribution >= 4 is 5.91 Å². The van der Waals surface area contributed by atoms with Gasteiger partial charge in [-0.05, 0) is 24.7 Å². The predicted molar refractivity (Wildman–Crippen MR) is 59.1 cm³/mol. The molecule has 0 heterocycles. The van der Waals surface area contributed by atoms with E-state index in [0.717, 1.165) is 25.7 Å². The second-order valence-corrected chi connectivity index (χ2v) is 5.48. The third-order valence-electron chi connectivity index (χ3n) is 3.32. The van der Waals surface area contributed by atoms with Crippen molar-refractivity contribution in [1.29, 1.82) is 0 Å².